The molecule has 1 aliphatic heterocycles. The van der Waals surface area contributed by atoms with E-state index in [1.54, 1.807) is 41.3 Å². The highest BCUT2D eigenvalue weighted by Crippen LogP contribution is 2.51. The number of rotatable bonds is 4. The predicted octanol–water partition coefficient (Wildman–Crippen LogP) is 5.22. The number of hydrogen-bond acceptors (Lipinski definition) is 3. The molecule has 1 saturated carbocycles. The van der Waals surface area contributed by atoms with Gasteiger partial charge in [0.2, 0.25) is 5.91 Å². The van der Waals surface area contributed by atoms with Crippen molar-refractivity contribution >= 4 is 38.9 Å². The molecule has 2 unspecified atom stereocenters. The molecule has 1 heterocycles. The van der Waals surface area contributed by atoms with Gasteiger partial charge in [0.05, 0.1) is 6.04 Å². The van der Waals surface area contributed by atoms with E-state index in [4.69, 9.17) is 23.2 Å². The second kappa shape index (κ2) is 7.29. The Kier molecular flexibility index (Phi) is 5.21. The Morgan fingerprint density at radius 3 is 2.24 bits per heavy atom. The fourth-order valence-electron chi connectivity index (χ4n) is 4.08. The third-order valence-electron chi connectivity index (χ3n) is 5.98. The van der Waals surface area contributed by atoms with Gasteiger partial charge in [0.1, 0.15) is 10.00 Å². The third kappa shape index (κ3) is 3.58. The van der Waals surface area contributed by atoms with Crippen molar-refractivity contribution in [3.63, 3.8) is 0 Å². The van der Waals surface area contributed by atoms with Gasteiger partial charge in [-0.2, -0.15) is 0 Å². The Morgan fingerprint density at radius 2 is 1.66 bits per heavy atom. The van der Waals surface area contributed by atoms with Crippen molar-refractivity contribution in [3.05, 3.63) is 69.7 Å². The van der Waals surface area contributed by atoms with Gasteiger partial charge >= 0.3 is 0 Å². The minimum absolute atomic E-state index is 0.345. The van der Waals surface area contributed by atoms with Crippen LogP contribution in [0, 0.1) is 5.92 Å². The first-order valence-corrected chi connectivity index (χ1v) is 12.0. The Labute approximate surface area is 181 Å². The SMILES string of the molecule is CC1(C)C(=O)N(CC2CC2)C(c2ccc(Cl)cc2)C(c2cccc(Cl)c2)S1(=O)=O. The van der Waals surface area contributed by atoms with E-state index in [9.17, 15) is 13.2 Å². The lowest BCUT2D eigenvalue weighted by atomic mass is 9.94. The zero-order valence-corrected chi connectivity index (χ0v) is 18.6. The number of carbonyl (C=O) groups is 1. The Balaban J connectivity index is 1.94. The van der Waals surface area contributed by atoms with Gasteiger partial charge in [0.25, 0.3) is 0 Å². The van der Waals surface area contributed by atoms with Crippen molar-refractivity contribution < 1.29 is 13.2 Å². The number of carbonyl (C=O) groups excluding carboxylic acids is 1. The largest absolute Gasteiger partial charge is 0.332 e. The fraction of sp³-hybridized carbons (Fsp3) is 0.409. The summed E-state index contributed by atoms with van der Waals surface area (Å²) in [6.45, 7) is 3.59. The standard InChI is InChI=1S/C22H23Cl2NO3S/c1-22(2)21(26)25(13-14-6-7-14)19(15-8-10-17(23)11-9-15)20(29(22,27)28)16-4-3-5-18(24)12-16/h3-5,8-12,14,19-20H,6-7,13H2,1-2H3. The maximum atomic E-state index is 13.7. The van der Waals surface area contributed by atoms with Crippen LogP contribution in [0.4, 0.5) is 0 Å². The first-order valence-electron chi connectivity index (χ1n) is 9.68. The van der Waals surface area contributed by atoms with Crippen LogP contribution in [-0.2, 0) is 14.6 Å². The number of amides is 1. The van der Waals surface area contributed by atoms with E-state index in [-0.39, 0.29) is 5.91 Å². The van der Waals surface area contributed by atoms with Crippen LogP contribution in [0.25, 0.3) is 0 Å². The molecule has 7 heteroatoms. The van der Waals surface area contributed by atoms with Crippen LogP contribution in [-0.4, -0.2) is 30.5 Å². The van der Waals surface area contributed by atoms with E-state index in [1.165, 1.54) is 13.8 Å². The van der Waals surface area contributed by atoms with Crippen molar-refractivity contribution in [1.29, 1.82) is 0 Å². The fourth-order valence-corrected chi connectivity index (χ4v) is 6.55. The van der Waals surface area contributed by atoms with Crippen molar-refractivity contribution in [2.45, 2.75) is 42.7 Å². The molecule has 1 saturated heterocycles. The van der Waals surface area contributed by atoms with E-state index in [0.29, 0.717) is 28.1 Å². The second-order valence-corrected chi connectivity index (χ2v) is 11.9. The Bertz CT molecular complexity index is 1050. The van der Waals surface area contributed by atoms with Gasteiger partial charge in [-0.15, -0.1) is 0 Å². The van der Waals surface area contributed by atoms with E-state index in [0.717, 1.165) is 18.4 Å². The van der Waals surface area contributed by atoms with E-state index in [1.807, 2.05) is 12.1 Å². The lowest BCUT2D eigenvalue weighted by Crippen LogP contribution is -2.59. The highest BCUT2D eigenvalue weighted by molar-refractivity contribution is 7.94. The van der Waals surface area contributed by atoms with Crippen molar-refractivity contribution in [2.75, 3.05) is 6.54 Å². The minimum Gasteiger partial charge on any atom is -0.332 e. The van der Waals surface area contributed by atoms with Crippen LogP contribution in [0.3, 0.4) is 0 Å². The quantitative estimate of drug-likeness (QED) is 0.639. The molecule has 0 bridgehead atoms. The van der Waals surface area contributed by atoms with E-state index in [2.05, 4.69) is 0 Å². The van der Waals surface area contributed by atoms with Crippen LogP contribution in [0.5, 0.6) is 0 Å². The predicted molar refractivity (Wildman–Crippen MR) is 116 cm³/mol. The molecule has 2 aliphatic rings. The molecular weight excluding hydrogens is 429 g/mol. The maximum Gasteiger partial charge on any atom is 0.244 e. The molecule has 2 fully saturated rings. The summed E-state index contributed by atoms with van der Waals surface area (Å²) in [5, 5.41) is 0.122. The Morgan fingerprint density at radius 1 is 1.00 bits per heavy atom. The highest BCUT2D eigenvalue weighted by Gasteiger charge is 2.58. The lowest BCUT2D eigenvalue weighted by Gasteiger charge is -2.47. The molecule has 2 atom stereocenters. The van der Waals surface area contributed by atoms with E-state index < -0.39 is 25.9 Å². The summed E-state index contributed by atoms with van der Waals surface area (Å²) in [4.78, 5) is 15.2. The molecular formula is C22H23Cl2NO3S. The normalized spacial score (nSPS) is 25.8. The zero-order valence-electron chi connectivity index (χ0n) is 16.3. The summed E-state index contributed by atoms with van der Waals surface area (Å²) < 4.78 is 26.0. The van der Waals surface area contributed by atoms with Crippen LogP contribution in [0.15, 0.2) is 48.5 Å². The molecule has 0 radical (unpaired) electrons. The molecule has 1 aliphatic carbocycles. The monoisotopic (exact) mass is 451 g/mol. The first kappa shape index (κ1) is 20.7. The van der Waals surface area contributed by atoms with Crippen LogP contribution in [0.1, 0.15) is 49.1 Å². The molecule has 0 spiro atoms. The zero-order chi connectivity index (χ0) is 21.0. The molecule has 154 valence electrons. The Hall–Kier alpha value is -1.56. The van der Waals surface area contributed by atoms with Gasteiger partial charge in [0.15, 0.2) is 9.84 Å². The number of hydrogen-bond donors (Lipinski definition) is 0. The van der Waals surface area contributed by atoms with Gasteiger partial charge in [-0.25, -0.2) is 8.42 Å². The third-order valence-corrected chi connectivity index (χ3v) is 9.27. The second-order valence-electron chi connectivity index (χ2n) is 8.43. The van der Waals surface area contributed by atoms with Gasteiger partial charge in [-0.3, -0.25) is 4.79 Å². The number of benzene rings is 2. The van der Waals surface area contributed by atoms with Crippen molar-refractivity contribution in [3.8, 4) is 0 Å². The summed E-state index contributed by atoms with van der Waals surface area (Å²) in [5.74, 6) is 0.0768. The highest BCUT2D eigenvalue weighted by atomic mass is 35.5. The molecule has 1 amide bonds. The molecule has 0 N–H and O–H groups in total. The lowest BCUT2D eigenvalue weighted by molar-refractivity contribution is -0.137. The summed E-state index contributed by atoms with van der Waals surface area (Å²) in [7, 11) is -3.86. The van der Waals surface area contributed by atoms with Gasteiger partial charge in [0, 0.05) is 16.6 Å². The minimum atomic E-state index is -3.86. The average molecular weight is 452 g/mol. The van der Waals surface area contributed by atoms with E-state index >= 15 is 0 Å². The van der Waals surface area contributed by atoms with Gasteiger partial charge in [-0.1, -0.05) is 47.5 Å². The average Bonchev–Trinajstić information content (AvgIpc) is 3.47. The molecule has 2 aromatic carbocycles. The van der Waals surface area contributed by atoms with Crippen LogP contribution >= 0.6 is 23.2 Å². The number of halogens is 2. The molecule has 0 aromatic heterocycles. The smallest absolute Gasteiger partial charge is 0.244 e. The van der Waals surface area contributed by atoms with Crippen LogP contribution < -0.4 is 0 Å². The molecule has 29 heavy (non-hydrogen) atoms. The first-order chi connectivity index (χ1) is 13.6. The summed E-state index contributed by atoms with van der Waals surface area (Å²) in [6.07, 6.45) is 2.12. The summed E-state index contributed by atoms with van der Waals surface area (Å²) in [6, 6.07) is 13.4. The molecule has 2 aromatic rings. The summed E-state index contributed by atoms with van der Waals surface area (Å²) >= 11 is 12.3. The van der Waals surface area contributed by atoms with Gasteiger partial charge < -0.3 is 4.90 Å². The maximum absolute atomic E-state index is 13.7. The van der Waals surface area contributed by atoms with Crippen molar-refractivity contribution in [1.82, 2.24) is 4.90 Å². The van der Waals surface area contributed by atoms with Crippen molar-refractivity contribution in [2.24, 2.45) is 5.92 Å². The summed E-state index contributed by atoms with van der Waals surface area (Å²) in [5.41, 5.74) is 1.35. The number of nitrogens with zero attached hydrogens (tertiary/aromatic N) is 1. The molecule has 4 nitrogen and oxygen atoms in total. The molecule has 4 rings (SSSR count). The topological polar surface area (TPSA) is 54.5 Å². The number of sulfone groups is 1. The van der Waals surface area contributed by atoms with Gasteiger partial charge in [-0.05, 0) is 68.0 Å². The van der Waals surface area contributed by atoms with Crippen LogP contribution in [0.2, 0.25) is 10.0 Å².